The second-order valence-electron chi connectivity index (χ2n) is 9.42. The Kier molecular flexibility index (Phi) is 7.87. The van der Waals surface area contributed by atoms with Crippen LogP contribution in [-0.4, -0.2) is 57.8 Å². The van der Waals surface area contributed by atoms with Gasteiger partial charge in [-0.1, -0.05) is 44.2 Å². The average Bonchev–Trinajstić information content (AvgIpc) is 3.21. The molecule has 0 saturated carbocycles. The zero-order valence-electron chi connectivity index (χ0n) is 21.1. The highest BCUT2D eigenvalue weighted by atomic mass is 16.5. The average molecular weight is 492 g/mol. The molecule has 3 aromatic rings. The second-order valence-corrected chi connectivity index (χ2v) is 9.42. The van der Waals surface area contributed by atoms with Gasteiger partial charge in [0.05, 0.1) is 25.4 Å². The van der Waals surface area contributed by atoms with Crippen LogP contribution in [0.25, 0.3) is 0 Å². The van der Waals surface area contributed by atoms with Crippen LogP contribution in [0.1, 0.15) is 52.2 Å². The Morgan fingerprint density at radius 2 is 1.92 bits per heavy atom. The van der Waals surface area contributed by atoms with Gasteiger partial charge in [0, 0.05) is 50.6 Å². The lowest BCUT2D eigenvalue weighted by atomic mass is 10.1. The van der Waals surface area contributed by atoms with Gasteiger partial charge in [-0.15, -0.1) is 0 Å². The molecule has 9 heteroatoms. The Morgan fingerprint density at radius 1 is 1.14 bits per heavy atom. The minimum atomic E-state index is -0.266. The van der Waals surface area contributed by atoms with Gasteiger partial charge in [0.2, 0.25) is 0 Å². The van der Waals surface area contributed by atoms with Crippen LogP contribution in [0.15, 0.2) is 53.6 Å². The Labute approximate surface area is 210 Å². The van der Waals surface area contributed by atoms with Crippen molar-refractivity contribution in [1.29, 1.82) is 0 Å². The van der Waals surface area contributed by atoms with Crippen molar-refractivity contribution in [1.82, 2.24) is 24.6 Å². The number of pyridine rings is 1. The highest BCUT2D eigenvalue weighted by Crippen LogP contribution is 2.23. The Morgan fingerprint density at radius 3 is 2.64 bits per heavy atom. The maximum atomic E-state index is 13.3. The smallest absolute Gasteiger partial charge is 0.257 e. The van der Waals surface area contributed by atoms with Crippen molar-refractivity contribution in [3.63, 3.8) is 0 Å². The molecule has 1 aromatic carbocycles. The predicted molar refractivity (Wildman–Crippen MR) is 136 cm³/mol. The fourth-order valence-corrected chi connectivity index (χ4v) is 4.43. The molecular weight excluding hydrogens is 458 g/mol. The zero-order valence-corrected chi connectivity index (χ0v) is 21.1. The van der Waals surface area contributed by atoms with E-state index in [-0.39, 0.29) is 23.1 Å². The third-order valence-electron chi connectivity index (χ3n) is 6.40. The maximum absolute atomic E-state index is 13.3. The molecular formula is C27H33N5O4. The first kappa shape index (κ1) is 25.2. The number of carbonyl (C=O) groups excluding carboxylic acids is 2. The number of benzene rings is 1. The fraction of sp³-hybridized carbons (Fsp3) is 0.407. The number of rotatable bonds is 8. The molecule has 0 atom stereocenters. The first-order valence-electron chi connectivity index (χ1n) is 12.3. The molecule has 1 N–H and O–H groups in total. The number of carbonyl (C=O) groups is 2. The van der Waals surface area contributed by atoms with Gasteiger partial charge in [-0.25, -0.2) is 0 Å². The molecule has 0 unspecified atom stereocenters. The van der Waals surface area contributed by atoms with Crippen LogP contribution in [0.4, 0.5) is 0 Å². The Bertz CT molecular complexity index is 1280. The molecule has 4 rings (SSSR count). The van der Waals surface area contributed by atoms with E-state index >= 15 is 0 Å². The summed E-state index contributed by atoms with van der Waals surface area (Å²) in [6, 6.07) is 11.3. The van der Waals surface area contributed by atoms with Gasteiger partial charge < -0.3 is 19.5 Å². The number of aromatic nitrogens is 3. The summed E-state index contributed by atoms with van der Waals surface area (Å²) in [6.45, 7) is 6.34. The summed E-state index contributed by atoms with van der Waals surface area (Å²) >= 11 is 0. The van der Waals surface area contributed by atoms with E-state index in [0.717, 1.165) is 12.0 Å². The van der Waals surface area contributed by atoms with Crippen LogP contribution in [0.2, 0.25) is 0 Å². The molecule has 0 saturated heterocycles. The summed E-state index contributed by atoms with van der Waals surface area (Å²) in [6.07, 6.45) is 4.54. The highest BCUT2D eigenvalue weighted by Gasteiger charge is 2.27. The molecule has 0 bridgehead atoms. The summed E-state index contributed by atoms with van der Waals surface area (Å²) in [5, 5.41) is 7.30. The van der Waals surface area contributed by atoms with E-state index in [1.54, 1.807) is 26.5 Å². The quantitative estimate of drug-likeness (QED) is 0.522. The van der Waals surface area contributed by atoms with Crippen LogP contribution >= 0.6 is 0 Å². The van der Waals surface area contributed by atoms with E-state index in [9.17, 15) is 14.4 Å². The van der Waals surface area contributed by atoms with Gasteiger partial charge in [0.15, 0.2) is 0 Å². The SMILES string of the molecule is COc1cc(=O)n2c(c1C(=O)NCCC(C)C)CCN(C(=O)c1cnn(Cc3ccccc3)c1)CC2. The molecule has 2 aromatic heterocycles. The summed E-state index contributed by atoms with van der Waals surface area (Å²) in [7, 11) is 1.45. The van der Waals surface area contributed by atoms with Crippen LogP contribution in [0, 0.1) is 5.92 Å². The van der Waals surface area contributed by atoms with Crippen LogP contribution < -0.4 is 15.6 Å². The van der Waals surface area contributed by atoms with Crippen molar-refractivity contribution < 1.29 is 14.3 Å². The van der Waals surface area contributed by atoms with Crippen molar-refractivity contribution in [2.75, 3.05) is 26.7 Å². The van der Waals surface area contributed by atoms with Crippen LogP contribution in [0.5, 0.6) is 5.75 Å². The number of hydrogen-bond donors (Lipinski definition) is 1. The number of fused-ring (bicyclic) bond motifs is 1. The molecule has 9 nitrogen and oxygen atoms in total. The molecule has 0 aliphatic carbocycles. The molecule has 3 heterocycles. The first-order valence-corrected chi connectivity index (χ1v) is 12.3. The molecule has 0 spiro atoms. The standard InChI is InChI=1S/C27H33N5O4/c1-19(2)9-11-28-26(34)25-22-10-12-30(13-14-32(22)24(33)15-23(25)36-3)27(35)21-16-29-31(18-21)17-20-7-5-4-6-8-20/h4-8,15-16,18-19H,9-14,17H2,1-3H3,(H,28,34). The van der Waals surface area contributed by atoms with E-state index in [4.69, 9.17) is 4.74 Å². The molecule has 0 fully saturated rings. The number of amides is 2. The minimum absolute atomic E-state index is 0.148. The summed E-state index contributed by atoms with van der Waals surface area (Å²) in [5.74, 6) is 0.304. The molecule has 1 aliphatic rings. The van der Waals surface area contributed by atoms with Gasteiger partial charge in [0.25, 0.3) is 17.4 Å². The van der Waals surface area contributed by atoms with Crippen molar-refractivity contribution in [2.24, 2.45) is 5.92 Å². The van der Waals surface area contributed by atoms with E-state index in [2.05, 4.69) is 24.3 Å². The normalized spacial score (nSPS) is 13.3. The summed E-state index contributed by atoms with van der Waals surface area (Å²) in [4.78, 5) is 40.9. The maximum Gasteiger partial charge on any atom is 0.257 e. The molecule has 1 aliphatic heterocycles. The van der Waals surface area contributed by atoms with Crippen LogP contribution in [0.3, 0.4) is 0 Å². The third kappa shape index (κ3) is 5.67. The van der Waals surface area contributed by atoms with Gasteiger partial charge in [0.1, 0.15) is 11.3 Å². The fourth-order valence-electron chi connectivity index (χ4n) is 4.43. The van der Waals surface area contributed by atoms with Crippen molar-refractivity contribution in [3.8, 4) is 5.75 Å². The lowest BCUT2D eigenvalue weighted by Gasteiger charge is -2.19. The zero-order chi connectivity index (χ0) is 25.7. The first-order chi connectivity index (χ1) is 17.4. The van der Waals surface area contributed by atoms with Gasteiger partial charge >= 0.3 is 0 Å². The number of methoxy groups -OCH3 is 1. The number of ether oxygens (including phenoxy) is 1. The van der Waals surface area contributed by atoms with Gasteiger partial charge in [-0.2, -0.15) is 5.10 Å². The molecule has 36 heavy (non-hydrogen) atoms. The van der Waals surface area contributed by atoms with E-state index in [1.165, 1.54) is 13.2 Å². The Balaban J connectivity index is 1.52. The van der Waals surface area contributed by atoms with E-state index in [1.807, 2.05) is 30.3 Å². The lowest BCUT2D eigenvalue weighted by molar-refractivity contribution is 0.0759. The van der Waals surface area contributed by atoms with Crippen LogP contribution in [-0.2, 0) is 19.5 Å². The van der Waals surface area contributed by atoms with Gasteiger partial charge in [-0.3, -0.25) is 19.1 Å². The summed E-state index contributed by atoms with van der Waals surface area (Å²) < 4.78 is 8.74. The van der Waals surface area contributed by atoms with Crippen molar-refractivity contribution in [3.05, 3.63) is 81.5 Å². The number of nitrogens with zero attached hydrogens (tertiary/aromatic N) is 4. The minimum Gasteiger partial charge on any atom is -0.496 e. The Hall–Kier alpha value is -3.88. The highest BCUT2D eigenvalue weighted by molar-refractivity contribution is 5.98. The topological polar surface area (TPSA) is 98.5 Å². The number of nitrogens with one attached hydrogen (secondary N) is 1. The molecule has 0 radical (unpaired) electrons. The van der Waals surface area contributed by atoms with Crippen molar-refractivity contribution in [2.45, 2.75) is 39.8 Å². The summed E-state index contributed by atoms with van der Waals surface area (Å²) in [5.41, 5.74) is 2.30. The van der Waals surface area contributed by atoms with Gasteiger partial charge in [-0.05, 0) is 17.9 Å². The molecule has 190 valence electrons. The number of hydrogen-bond acceptors (Lipinski definition) is 5. The monoisotopic (exact) mass is 491 g/mol. The largest absolute Gasteiger partial charge is 0.496 e. The second kappa shape index (κ2) is 11.2. The lowest BCUT2D eigenvalue weighted by Crippen LogP contribution is -2.34. The predicted octanol–water partition coefficient (Wildman–Crippen LogP) is 2.58. The van der Waals surface area contributed by atoms with E-state index < -0.39 is 0 Å². The van der Waals surface area contributed by atoms with E-state index in [0.29, 0.717) is 61.9 Å². The molecule has 2 amide bonds. The van der Waals surface area contributed by atoms with Crippen molar-refractivity contribution >= 4 is 11.8 Å². The third-order valence-corrected chi connectivity index (χ3v) is 6.40.